The third-order valence-corrected chi connectivity index (χ3v) is 5.97. The molecule has 2 aromatic rings. The van der Waals surface area contributed by atoms with E-state index in [-0.39, 0.29) is 23.9 Å². The number of urea groups is 1. The second-order valence-electron chi connectivity index (χ2n) is 7.98. The van der Waals surface area contributed by atoms with Crippen LogP contribution in [0.3, 0.4) is 0 Å². The maximum atomic E-state index is 13.4. The second kappa shape index (κ2) is 8.38. The highest BCUT2D eigenvalue weighted by molar-refractivity contribution is 5.91. The number of hydrogen-bond acceptors (Lipinski definition) is 3. The van der Waals surface area contributed by atoms with Crippen molar-refractivity contribution in [1.29, 1.82) is 0 Å². The summed E-state index contributed by atoms with van der Waals surface area (Å²) in [4.78, 5) is 32.6. The van der Waals surface area contributed by atoms with Gasteiger partial charge in [0.05, 0.1) is 0 Å². The zero-order valence-electron chi connectivity index (χ0n) is 16.8. The standard InChI is InChI=1S/C22H24F2N4O2/c1-27-8-9-28(22(27)30)19-5-2-14(3-6-19)21(29)26-20-7-4-15(13-25-20)16-10-17(23)12-18(24)11-16/h4,7,10-14,19H,2-3,5-6,8-9H2,1H3,(H,25,26,29)/t14-,19-. The summed E-state index contributed by atoms with van der Waals surface area (Å²) in [6, 6.07) is 6.86. The summed E-state index contributed by atoms with van der Waals surface area (Å²) in [6.07, 6.45) is 4.57. The van der Waals surface area contributed by atoms with Crippen LogP contribution in [-0.4, -0.2) is 52.9 Å². The molecule has 0 bridgehead atoms. The minimum Gasteiger partial charge on any atom is -0.326 e. The molecule has 1 aliphatic heterocycles. The Bertz CT molecular complexity index is 922. The van der Waals surface area contributed by atoms with Crippen LogP contribution in [0.4, 0.5) is 19.4 Å². The van der Waals surface area contributed by atoms with E-state index in [2.05, 4.69) is 10.3 Å². The zero-order valence-corrected chi connectivity index (χ0v) is 16.8. The molecule has 0 atom stereocenters. The molecule has 1 aromatic heterocycles. The van der Waals surface area contributed by atoms with Gasteiger partial charge in [-0.1, -0.05) is 0 Å². The van der Waals surface area contributed by atoms with Gasteiger partial charge in [-0.2, -0.15) is 0 Å². The average Bonchev–Trinajstić information content (AvgIpc) is 3.06. The first-order valence-electron chi connectivity index (χ1n) is 10.2. The summed E-state index contributed by atoms with van der Waals surface area (Å²) in [7, 11) is 1.81. The highest BCUT2D eigenvalue weighted by Gasteiger charge is 2.35. The number of anilines is 1. The van der Waals surface area contributed by atoms with Gasteiger partial charge >= 0.3 is 6.03 Å². The second-order valence-corrected chi connectivity index (χ2v) is 7.98. The van der Waals surface area contributed by atoms with E-state index in [9.17, 15) is 18.4 Å². The fourth-order valence-electron chi connectivity index (χ4n) is 4.24. The lowest BCUT2D eigenvalue weighted by Gasteiger charge is -2.33. The molecule has 2 heterocycles. The Morgan fingerprint density at radius 1 is 1.03 bits per heavy atom. The zero-order chi connectivity index (χ0) is 21.3. The van der Waals surface area contributed by atoms with E-state index in [1.165, 1.54) is 18.3 Å². The van der Waals surface area contributed by atoms with Crippen LogP contribution in [0, 0.1) is 17.6 Å². The molecule has 1 saturated heterocycles. The Kier molecular flexibility index (Phi) is 5.65. The van der Waals surface area contributed by atoms with E-state index in [0.29, 0.717) is 16.9 Å². The monoisotopic (exact) mass is 414 g/mol. The van der Waals surface area contributed by atoms with Gasteiger partial charge < -0.3 is 15.1 Å². The minimum absolute atomic E-state index is 0.0744. The molecule has 30 heavy (non-hydrogen) atoms. The van der Waals surface area contributed by atoms with Crippen LogP contribution in [0.15, 0.2) is 36.5 Å². The molecule has 2 aliphatic rings. The van der Waals surface area contributed by atoms with Crippen molar-refractivity contribution < 1.29 is 18.4 Å². The first-order chi connectivity index (χ1) is 14.4. The van der Waals surface area contributed by atoms with Crippen LogP contribution in [0.1, 0.15) is 25.7 Å². The third kappa shape index (κ3) is 4.27. The minimum atomic E-state index is -0.653. The van der Waals surface area contributed by atoms with E-state index in [0.717, 1.165) is 44.8 Å². The summed E-state index contributed by atoms with van der Waals surface area (Å²) in [5.41, 5.74) is 0.949. The molecule has 4 rings (SSSR count). The highest BCUT2D eigenvalue weighted by atomic mass is 19.1. The van der Waals surface area contributed by atoms with E-state index in [4.69, 9.17) is 0 Å². The van der Waals surface area contributed by atoms with Gasteiger partial charge in [0.1, 0.15) is 17.5 Å². The van der Waals surface area contributed by atoms with E-state index >= 15 is 0 Å². The van der Waals surface area contributed by atoms with Gasteiger partial charge in [0, 0.05) is 49.9 Å². The van der Waals surface area contributed by atoms with Crippen molar-refractivity contribution in [3.8, 4) is 11.1 Å². The number of nitrogens with one attached hydrogen (secondary N) is 1. The Labute approximate surface area is 173 Å². The molecule has 1 aliphatic carbocycles. The predicted molar refractivity (Wildman–Crippen MR) is 109 cm³/mol. The van der Waals surface area contributed by atoms with Gasteiger partial charge in [0.15, 0.2) is 0 Å². The quantitative estimate of drug-likeness (QED) is 0.826. The number of carbonyl (C=O) groups is 2. The Morgan fingerprint density at radius 2 is 1.73 bits per heavy atom. The van der Waals surface area contributed by atoms with Crippen molar-refractivity contribution in [3.63, 3.8) is 0 Å². The number of aromatic nitrogens is 1. The number of halogens is 2. The molecule has 0 spiro atoms. The molecule has 158 valence electrons. The molecule has 3 amide bonds. The fraction of sp³-hybridized carbons (Fsp3) is 0.409. The number of benzene rings is 1. The number of rotatable bonds is 4. The molecule has 6 nitrogen and oxygen atoms in total. The van der Waals surface area contributed by atoms with Crippen molar-refractivity contribution in [2.45, 2.75) is 31.7 Å². The molecular weight excluding hydrogens is 390 g/mol. The van der Waals surface area contributed by atoms with Crippen molar-refractivity contribution in [2.75, 3.05) is 25.5 Å². The number of amides is 3. The largest absolute Gasteiger partial charge is 0.326 e. The molecule has 0 radical (unpaired) electrons. The number of hydrogen-bond donors (Lipinski definition) is 1. The maximum absolute atomic E-state index is 13.4. The molecular formula is C22H24F2N4O2. The lowest BCUT2D eigenvalue weighted by molar-refractivity contribution is -0.121. The van der Waals surface area contributed by atoms with Crippen molar-refractivity contribution >= 4 is 17.8 Å². The van der Waals surface area contributed by atoms with Gasteiger partial charge in [-0.25, -0.2) is 18.6 Å². The van der Waals surface area contributed by atoms with Crippen LogP contribution >= 0.6 is 0 Å². The van der Waals surface area contributed by atoms with Gasteiger partial charge in [-0.3, -0.25) is 4.79 Å². The molecule has 1 saturated carbocycles. The van der Waals surface area contributed by atoms with Crippen LogP contribution < -0.4 is 5.32 Å². The summed E-state index contributed by atoms with van der Waals surface area (Å²) in [5, 5.41) is 2.83. The van der Waals surface area contributed by atoms with Crippen LogP contribution in [0.25, 0.3) is 11.1 Å². The Hall–Kier alpha value is -3.03. The van der Waals surface area contributed by atoms with Gasteiger partial charge in [0.2, 0.25) is 5.91 Å². The molecule has 2 fully saturated rings. The lowest BCUT2D eigenvalue weighted by Crippen LogP contribution is -2.42. The fourth-order valence-corrected chi connectivity index (χ4v) is 4.24. The Morgan fingerprint density at radius 3 is 2.30 bits per heavy atom. The number of carbonyl (C=O) groups excluding carboxylic acids is 2. The third-order valence-electron chi connectivity index (χ3n) is 5.97. The van der Waals surface area contributed by atoms with E-state index in [1.807, 2.05) is 11.9 Å². The molecule has 1 aromatic carbocycles. The summed E-state index contributed by atoms with van der Waals surface area (Å²) >= 11 is 0. The topological polar surface area (TPSA) is 65.5 Å². The first kappa shape index (κ1) is 20.3. The van der Waals surface area contributed by atoms with Gasteiger partial charge in [-0.15, -0.1) is 0 Å². The molecule has 0 unspecified atom stereocenters. The van der Waals surface area contributed by atoms with Gasteiger partial charge in [-0.05, 0) is 55.5 Å². The number of likely N-dealkylation sites (N-methyl/N-ethyl adjacent to an activating group) is 1. The SMILES string of the molecule is CN1CCN([C@H]2CC[C@H](C(=O)Nc3ccc(-c4cc(F)cc(F)c4)cn3)CC2)C1=O. The predicted octanol–water partition coefficient (Wildman–Crippen LogP) is 3.89. The highest BCUT2D eigenvalue weighted by Crippen LogP contribution is 2.30. The van der Waals surface area contributed by atoms with Crippen molar-refractivity contribution in [3.05, 3.63) is 48.2 Å². The van der Waals surface area contributed by atoms with Crippen molar-refractivity contribution in [2.24, 2.45) is 5.92 Å². The number of pyridine rings is 1. The van der Waals surface area contributed by atoms with Gasteiger partial charge in [0.25, 0.3) is 0 Å². The number of nitrogens with zero attached hydrogens (tertiary/aromatic N) is 3. The van der Waals surface area contributed by atoms with E-state index in [1.54, 1.807) is 17.0 Å². The maximum Gasteiger partial charge on any atom is 0.320 e. The van der Waals surface area contributed by atoms with Crippen LogP contribution in [0.2, 0.25) is 0 Å². The Balaban J connectivity index is 1.33. The normalized spacial score (nSPS) is 21.8. The summed E-state index contributed by atoms with van der Waals surface area (Å²) < 4.78 is 26.8. The average molecular weight is 414 g/mol. The smallest absolute Gasteiger partial charge is 0.320 e. The molecule has 1 N–H and O–H groups in total. The summed E-state index contributed by atoms with van der Waals surface area (Å²) in [6.45, 7) is 1.51. The van der Waals surface area contributed by atoms with E-state index < -0.39 is 11.6 Å². The van der Waals surface area contributed by atoms with Crippen LogP contribution in [-0.2, 0) is 4.79 Å². The van der Waals surface area contributed by atoms with Crippen LogP contribution in [0.5, 0.6) is 0 Å². The lowest BCUT2D eigenvalue weighted by atomic mass is 9.85. The summed E-state index contributed by atoms with van der Waals surface area (Å²) in [5.74, 6) is -1.11. The first-order valence-corrected chi connectivity index (χ1v) is 10.2. The molecule has 8 heteroatoms. The van der Waals surface area contributed by atoms with Crippen molar-refractivity contribution in [1.82, 2.24) is 14.8 Å².